The van der Waals surface area contributed by atoms with Crippen LogP contribution in [0.5, 0.6) is 0 Å². The number of nitrogen functional groups attached to an aromatic ring is 1. The highest BCUT2D eigenvalue weighted by Gasteiger charge is 2.12. The Bertz CT molecular complexity index is 748. The number of anilines is 2. The maximum atomic E-state index is 12.0. The largest absolute Gasteiger partial charge is 0.397 e. The van der Waals surface area contributed by atoms with E-state index in [4.69, 9.17) is 10.9 Å². The molecule has 0 radical (unpaired) electrons. The summed E-state index contributed by atoms with van der Waals surface area (Å²) < 4.78 is 23.8. The molecule has 2 aromatic rings. The number of primary sulfonamides is 1. The number of hydrogen-bond donors (Lipinski definition) is 3. The summed E-state index contributed by atoms with van der Waals surface area (Å²) >= 11 is 0. The zero-order valence-corrected chi connectivity index (χ0v) is 11.5. The standard InChI is InChI=1S/C12H14N4O3S/c1-16-7-8(13)6-11(16)12(17)15-9-2-4-10(5-3-9)20(14,18)19/h2-7H,13H2,1H3,(H,15,17)(H2,14,18,19). The van der Waals surface area contributed by atoms with E-state index in [0.717, 1.165) is 0 Å². The zero-order valence-electron chi connectivity index (χ0n) is 10.7. The predicted molar refractivity (Wildman–Crippen MR) is 75.6 cm³/mol. The van der Waals surface area contributed by atoms with Gasteiger partial charge in [0.25, 0.3) is 5.91 Å². The molecule has 2 rings (SSSR count). The summed E-state index contributed by atoms with van der Waals surface area (Å²) in [4.78, 5) is 12.0. The van der Waals surface area contributed by atoms with Crippen LogP contribution in [0.4, 0.5) is 11.4 Å². The molecule has 8 heteroatoms. The lowest BCUT2D eigenvalue weighted by Gasteiger charge is -2.06. The fourth-order valence-corrected chi connectivity index (χ4v) is 2.25. The number of nitrogens with one attached hydrogen (secondary N) is 1. The molecule has 0 spiro atoms. The molecule has 1 heterocycles. The normalized spacial score (nSPS) is 11.3. The Labute approximate surface area is 116 Å². The number of benzene rings is 1. The number of sulfonamides is 1. The van der Waals surface area contributed by atoms with Crippen molar-refractivity contribution in [3.63, 3.8) is 0 Å². The van der Waals surface area contributed by atoms with Crippen molar-refractivity contribution < 1.29 is 13.2 Å². The van der Waals surface area contributed by atoms with Crippen LogP contribution in [-0.2, 0) is 17.1 Å². The third-order valence-electron chi connectivity index (χ3n) is 2.70. The highest BCUT2D eigenvalue weighted by Crippen LogP contribution is 2.15. The second-order valence-corrected chi connectivity index (χ2v) is 5.85. The molecule has 0 aliphatic rings. The second-order valence-electron chi connectivity index (χ2n) is 4.29. The highest BCUT2D eigenvalue weighted by molar-refractivity contribution is 7.89. The number of nitrogens with two attached hydrogens (primary N) is 2. The minimum absolute atomic E-state index is 0.0152. The lowest BCUT2D eigenvalue weighted by molar-refractivity contribution is 0.101. The van der Waals surface area contributed by atoms with Gasteiger partial charge in [-0.25, -0.2) is 13.6 Å². The third-order valence-corrected chi connectivity index (χ3v) is 3.63. The Morgan fingerprint density at radius 2 is 1.85 bits per heavy atom. The van der Waals surface area contributed by atoms with Crippen molar-refractivity contribution in [2.45, 2.75) is 4.90 Å². The lowest BCUT2D eigenvalue weighted by Crippen LogP contribution is -2.16. The Morgan fingerprint density at radius 1 is 1.25 bits per heavy atom. The molecule has 5 N–H and O–H groups in total. The van der Waals surface area contributed by atoms with Gasteiger partial charge in [0, 0.05) is 18.9 Å². The summed E-state index contributed by atoms with van der Waals surface area (Å²) in [6, 6.07) is 7.12. The maximum absolute atomic E-state index is 12.0. The van der Waals surface area contributed by atoms with Crippen molar-refractivity contribution in [2.75, 3.05) is 11.1 Å². The number of hydrogen-bond acceptors (Lipinski definition) is 4. The Balaban J connectivity index is 2.18. The van der Waals surface area contributed by atoms with Crippen LogP contribution in [0.1, 0.15) is 10.5 Å². The van der Waals surface area contributed by atoms with E-state index in [0.29, 0.717) is 17.1 Å². The molecule has 106 valence electrons. The lowest BCUT2D eigenvalue weighted by atomic mass is 10.3. The molecule has 0 bridgehead atoms. The molecule has 0 atom stereocenters. The van der Waals surface area contributed by atoms with Crippen molar-refractivity contribution in [1.29, 1.82) is 0 Å². The molecule has 0 aliphatic heterocycles. The van der Waals surface area contributed by atoms with E-state index >= 15 is 0 Å². The number of carbonyl (C=O) groups excluding carboxylic acids is 1. The van der Waals surface area contributed by atoms with Crippen molar-refractivity contribution in [3.05, 3.63) is 42.2 Å². The fourth-order valence-electron chi connectivity index (χ4n) is 1.74. The summed E-state index contributed by atoms with van der Waals surface area (Å²) in [5.74, 6) is -0.340. The molecule has 20 heavy (non-hydrogen) atoms. The van der Waals surface area contributed by atoms with Gasteiger partial charge in [-0.15, -0.1) is 0 Å². The molecular formula is C12H14N4O3S. The molecule has 7 nitrogen and oxygen atoms in total. The molecule has 1 amide bonds. The first-order valence-electron chi connectivity index (χ1n) is 5.63. The summed E-state index contributed by atoms with van der Waals surface area (Å²) in [5.41, 5.74) is 6.95. The first-order chi connectivity index (χ1) is 9.27. The molecule has 0 fully saturated rings. The molecule has 0 saturated heterocycles. The van der Waals surface area contributed by atoms with E-state index in [9.17, 15) is 13.2 Å². The number of carbonyl (C=O) groups is 1. The molecule has 1 aromatic carbocycles. The first kappa shape index (κ1) is 14.1. The summed E-state index contributed by atoms with van der Waals surface area (Å²) in [5, 5.41) is 7.63. The van der Waals surface area contributed by atoms with Crippen LogP contribution in [0, 0.1) is 0 Å². The van der Waals surface area contributed by atoms with Gasteiger partial charge in [-0.1, -0.05) is 0 Å². The smallest absolute Gasteiger partial charge is 0.272 e. The average molecular weight is 294 g/mol. The van der Waals surface area contributed by atoms with E-state index in [1.165, 1.54) is 24.3 Å². The van der Waals surface area contributed by atoms with Gasteiger partial charge in [0.15, 0.2) is 0 Å². The van der Waals surface area contributed by atoms with Crippen molar-refractivity contribution in [1.82, 2.24) is 4.57 Å². The Kier molecular flexibility index (Phi) is 3.51. The number of amides is 1. The summed E-state index contributed by atoms with van der Waals surface area (Å²) in [7, 11) is -2.03. The van der Waals surface area contributed by atoms with Gasteiger partial charge in [-0.3, -0.25) is 4.79 Å². The van der Waals surface area contributed by atoms with Crippen molar-refractivity contribution in [3.8, 4) is 0 Å². The third kappa shape index (κ3) is 2.98. The number of rotatable bonds is 3. The Morgan fingerprint density at radius 3 is 2.30 bits per heavy atom. The quantitative estimate of drug-likeness (QED) is 0.763. The van der Waals surface area contributed by atoms with E-state index in [1.54, 1.807) is 23.9 Å². The highest BCUT2D eigenvalue weighted by atomic mass is 32.2. The van der Waals surface area contributed by atoms with Gasteiger partial charge in [-0.05, 0) is 30.3 Å². The van der Waals surface area contributed by atoms with E-state index in [2.05, 4.69) is 5.32 Å². The molecular weight excluding hydrogens is 280 g/mol. The monoisotopic (exact) mass is 294 g/mol. The topological polar surface area (TPSA) is 120 Å². The van der Waals surface area contributed by atoms with E-state index in [1.807, 2.05) is 0 Å². The minimum Gasteiger partial charge on any atom is -0.397 e. The minimum atomic E-state index is -3.74. The van der Waals surface area contributed by atoms with Crippen LogP contribution in [0.15, 0.2) is 41.4 Å². The van der Waals surface area contributed by atoms with Gasteiger partial charge in [0.05, 0.1) is 10.6 Å². The van der Waals surface area contributed by atoms with Gasteiger partial charge >= 0.3 is 0 Å². The molecule has 0 saturated carbocycles. The number of aromatic nitrogens is 1. The van der Waals surface area contributed by atoms with Crippen LogP contribution in [0.25, 0.3) is 0 Å². The van der Waals surface area contributed by atoms with Gasteiger partial charge in [0.2, 0.25) is 10.0 Å². The molecule has 0 unspecified atom stereocenters. The zero-order chi connectivity index (χ0) is 14.9. The maximum Gasteiger partial charge on any atom is 0.272 e. The number of nitrogens with zero attached hydrogens (tertiary/aromatic N) is 1. The Hall–Kier alpha value is -2.32. The van der Waals surface area contributed by atoms with Crippen LogP contribution < -0.4 is 16.2 Å². The SMILES string of the molecule is Cn1cc(N)cc1C(=O)Nc1ccc(S(N)(=O)=O)cc1. The van der Waals surface area contributed by atoms with Crippen molar-refractivity contribution >= 4 is 27.3 Å². The van der Waals surface area contributed by atoms with Gasteiger partial charge in [-0.2, -0.15) is 0 Å². The summed E-state index contributed by atoms with van der Waals surface area (Å²) in [6.45, 7) is 0. The molecule has 0 aliphatic carbocycles. The van der Waals surface area contributed by atoms with Crippen molar-refractivity contribution in [2.24, 2.45) is 12.2 Å². The van der Waals surface area contributed by atoms with Crippen LogP contribution in [0.3, 0.4) is 0 Å². The van der Waals surface area contributed by atoms with Crippen LogP contribution >= 0.6 is 0 Å². The average Bonchev–Trinajstić information content (AvgIpc) is 2.68. The fraction of sp³-hybridized carbons (Fsp3) is 0.0833. The predicted octanol–water partition coefficient (Wildman–Crippen LogP) is 0.507. The number of aryl methyl sites for hydroxylation is 1. The second kappa shape index (κ2) is 4.99. The summed E-state index contributed by atoms with van der Waals surface area (Å²) in [6.07, 6.45) is 1.62. The first-order valence-corrected chi connectivity index (χ1v) is 7.18. The van der Waals surface area contributed by atoms with E-state index < -0.39 is 10.0 Å². The van der Waals surface area contributed by atoms with Gasteiger partial charge < -0.3 is 15.6 Å². The van der Waals surface area contributed by atoms with Gasteiger partial charge in [0.1, 0.15) is 5.69 Å². The van der Waals surface area contributed by atoms with Crippen LogP contribution in [-0.4, -0.2) is 18.9 Å². The molecule has 1 aromatic heterocycles. The van der Waals surface area contributed by atoms with E-state index in [-0.39, 0.29) is 10.8 Å². The van der Waals surface area contributed by atoms with Crippen LogP contribution in [0.2, 0.25) is 0 Å².